The van der Waals surface area contributed by atoms with Crippen molar-refractivity contribution < 1.29 is 89.1 Å². The summed E-state index contributed by atoms with van der Waals surface area (Å²) in [5, 5.41) is 36.0. The minimum Gasteiger partial charge on any atom is -0.550 e. The normalized spacial score (nSPS) is 9.94. The molecule has 0 rings (SSSR count). The number of aliphatic carboxylic acids is 2. The van der Waals surface area contributed by atoms with Gasteiger partial charge in [0, 0.05) is 18.5 Å². The molecule has 0 aliphatic carbocycles. The van der Waals surface area contributed by atoms with Gasteiger partial charge in [-0.1, -0.05) is 0 Å². The van der Waals surface area contributed by atoms with Gasteiger partial charge in [-0.25, -0.2) is 0 Å². The van der Waals surface area contributed by atoms with Gasteiger partial charge < -0.3 is 30.0 Å². The van der Waals surface area contributed by atoms with Crippen molar-refractivity contribution in [3.8, 4) is 0 Å². The zero-order valence-corrected chi connectivity index (χ0v) is 15.3. The van der Waals surface area contributed by atoms with Crippen molar-refractivity contribution in [3.05, 3.63) is 0 Å². The van der Waals surface area contributed by atoms with Gasteiger partial charge in [0.25, 0.3) is 0 Å². The number of carboxylic acids is 2. The topological polar surface area (TPSA) is 121 Å². The van der Waals surface area contributed by atoms with Crippen LogP contribution >= 0.6 is 0 Å². The maximum Gasteiger partial charge on any atom is 1.00 e. The second kappa shape index (κ2) is 20.2. The number of aliphatic hydroxyl groups excluding tert-OH is 2. The van der Waals surface area contributed by atoms with Crippen LogP contribution in [0.5, 0.6) is 0 Å². The van der Waals surface area contributed by atoms with Gasteiger partial charge in [0.2, 0.25) is 0 Å². The Balaban J connectivity index is -0.000000108. The van der Waals surface area contributed by atoms with E-state index in [2.05, 4.69) is 0 Å². The van der Waals surface area contributed by atoms with Crippen LogP contribution in [0.3, 0.4) is 0 Å². The molecule has 8 heteroatoms. The number of rotatable bonds is 7. The van der Waals surface area contributed by atoms with Gasteiger partial charge in [-0.3, -0.25) is 0 Å². The van der Waals surface area contributed by atoms with E-state index < -0.39 is 11.9 Å². The van der Waals surface area contributed by atoms with E-state index in [1.807, 2.05) is 0 Å². The molecule has 0 amide bonds. The van der Waals surface area contributed by atoms with Crippen LogP contribution in [0.25, 0.3) is 0 Å². The predicted molar refractivity (Wildman–Crippen MR) is 51.9 cm³/mol. The van der Waals surface area contributed by atoms with Gasteiger partial charge in [-0.05, 0) is 39.0 Å². The summed E-state index contributed by atoms with van der Waals surface area (Å²) in [6.07, 6.45) is 0.669. The molecule has 1 atom stereocenters. The molecule has 0 spiro atoms. The zero-order valence-electron chi connectivity index (χ0n) is 11.3. The first-order valence-corrected chi connectivity index (χ1v) is 5.08. The number of hydrogen-bond acceptors (Lipinski definition) is 6. The van der Waals surface area contributed by atoms with Crippen LogP contribution in [-0.2, 0) is 9.59 Å². The Hall–Kier alpha value is 0.860. The van der Waals surface area contributed by atoms with E-state index in [9.17, 15) is 19.8 Å². The number of carbonyl (C=O) groups excluding carboxylic acids is 2. The van der Waals surface area contributed by atoms with Crippen LogP contribution in [0.4, 0.5) is 0 Å². The molecule has 0 aliphatic heterocycles. The summed E-state index contributed by atoms with van der Waals surface area (Å²) in [6.45, 7) is 1.73. The molecule has 18 heavy (non-hydrogen) atoms. The Morgan fingerprint density at radius 1 is 1.06 bits per heavy atom. The van der Waals surface area contributed by atoms with Crippen LogP contribution < -0.4 is 69.3 Å². The molecule has 0 bridgehead atoms. The van der Waals surface area contributed by atoms with Crippen LogP contribution in [0.15, 0.2) is 0 Å². The first kappa shape index (κ1) is 27.2. The quantitative estimate of drug-likeness (QED) is 0.353. The van der Waals surface area contributed by atoms with Crippen LogP contribution in [0.1, 0.15) is 39.0 Å². The predicted octanol–water partition coefficient (Wildman–Crippen LogP) is -8.20. The van der Waals surface area contributed by atoms with Crippen molar-refractivity contribution in [2.45, 2.75) is 45.1 Å². The first-order valence-electron chi connectivity index (χ1n) is 5.08. The molecular weight excluding hydrogens is 262 g/mol. The fraction of sp³-hybridized carbons (Fsp3) is 0.800. The molecule has 0 heterocycles. The van der Waals surface area contributed by atoms with E-state index in [0.29, 0.717) is 19.3 Å². The summed E-state index contributed by atoms with van der Waals surface area (Å²) >= 11 is 0. The number of unbranched alkanes of at least 4 members (excludes halogenated alkanes) is 1. The van der Waals surface area contributed by atoms with Gasteiger partial charge in [-0.15, -0.1) is 0 Å². The summed E-state index contributed by atoms with van der Waals surface area (Å²) in [5.41, 5.74) is 0. The van der Waals surface area contributed by atoms with E-state index in [1.54, 1.807) is 6.92 Å². The maximum atomic E-state index is 9.77. The van der Waals surface area contributed by atoms with Crippen molar-refractivity contribution >= 4 is 11.9 Å². The third-order valence-electron chi connectivity index (χ3n) is 1.56. The molecule has 2 N–H and O–H groups in total. The molecule has 96 valence electrons. The standard InChI is InChI=1S/C6H10O4.C4H10O2.2Na/c7-5(8)3-1-2-4-6(9)10;1-4(6)2-3-5;;/h1-4H2,(H,7,8)(H,9,10);4-6H,2-3H2,1H3;;/q;;2*+1/p-2. The fourth-order valence-electron chi connectivity index (χ4n) is 0.726. The molecule has 0 radical (unpaired) electrons. The Labute approximate surface area is 151 Å². The largest absolute Gasteiger partial charge is 1.00 e. The number of hydrogen-bond donors (Lipinski definition) is 2. The third-order valence-corrected chi connectivity index (χ3v) is 1.56. The molecule has 0 aromatic rings. The first-order chi connectivity index (χ1) is 7.40. The van der Waals surface area contributed by atoms with E-state index in [4.69, 9.17) is 10.2 Å². The van der Waals surface area contributed by atoms with Gasteiger partial charge in [0.05, 0.1) is 6.10 Å². The molecular formula is C10H18Na2O6. The molecule has 6 nitrogen and oxygen atoms in total. The molecule has 0 aromatic carbocycles. The Morgan fingerprint density at radius 3 is 1.50 bits per heavy atom. The third kappa shape index (κ3) is 36.0. The van der Waals surface area contributed by atoms with Crippen LogP contribution in [0, 0.1) is 0 Å². The molecule has 1 unspecified atom stereocenters. The van der Waals surface area contributed by atoms with E-state index in [0.717, 1.165) is 0 Å². The van der Waals surface area contributed by atoms with E-state index >= 15 is 0 Å². The minimum absolute atomic E-state index is 0. The monoisotopic (exact) mass is 280 g/mol. The van der Waals surface area contributed by atoms with E-state index in [1.165, 1.54) is 0 Å². The Morgan fingerprint density at radius 2 is 1.39 bits per heavy atom. The maximum absolute atomic E-state index is 9.77. The second-order valence-electron chi connectivity index (χ2n) is 3.31. The average molecular weight is 280 g/mol. The fourth-order valence-corrected chi connectivity index (χ4v) is 0.726. The van der Waals surface area contributed by atoms with Crippen LogP contribution in [-0.4, -0.2) is 34.9 Å². The van der Waals surface area contributed by atoms with Gasteiger partial charge in [0.1, 0.15) is 0 Å². The smallest absolute Gasteiger partial charge is 0.550 e. The zero-order chi connectivity index (χ0) is 13.0. The summed E-state index contributed by atoms with van der Waals surface area (Å²) in [6, 6.07) is 0. The van der Waals surface area contributed by atoms with Crippen molar-refractivity contribution in [1.82, 2.24) is 0 Å². The molecule has 0 fully saturated rings. The minimum atomic E-state index is -1.14. The summed E-state index contributed by atoms with van der Waals surface area (Å²) in [5.74, 6) is -2.28. The molecule has 0 saturated heterocycles. The van der Waals surface area contributed by atoms with Gasteiger partial charge in [-0.2, -0.15) is 0 Å². The molecule has 0 saturated carbocycles. The number of carboxylic acid groups (broad SMARTS) is 2. The summed E-state index contributed by atoms with van der Waals surface area (Å²) in [4.78, 5) is 19.5. The van der Waals surface area contributed by atoms with Crippen molar-refractivity contribution in [2.75, 3.05) is 6.61 Å². The Kier molecular flexibility index (Phi) is 30.5. The van der Waals surface area contributed by atoms with Gasteiger partial charge in [0.15, 0.2) is 0 Å². The Bertz CT molecular complexity index is 183. The summed E-state index contributed by atoms with van der Waals surface area (Å²) in [7, 11) is 0. The molecule has 0 aromatic heterocycles. The number of carbonyl (C=O) groups is 2. The van der Waals surface area contributed by atoms with Crippen molar-refractivity contribution in [3.63, 3.8) is 0 Å². The average Bonchev–Trinajstić information content (AvgIpc) is 2.12. The van der Waals surface area contributed by atoms with Gasteiger partial charge >= 0.3 is 59.1 Å². The van der Waals surface area contributed by atoms with Crippen LogP contribution in [0.2, 0.25) is 0 Å². The second-order valence-corrected chi connectivity index (χ2v) is 3.31. The van der Waals surface area contributed by atoms with E-state index in [-0.39, 0.29) is 84.7 Å². The number of aliphatic hydroxyl groups is 2. The summed E-state index contributed by atoms with van der Waals surface area (Å²) < 4.78 is 0. The van der Waals surface area contributed by atoms with Crippen molar-refractivity contribution in [1.29, 1.82) is 0 Å². The molecule has 0 aliphatic rings. The SMILES string of the molecule is CC(O)CCO.O=C([O-])CCCCC(=O)[O-].[Na+].[Na+]. The van der Waals surface area contributed by atoms with Crippen molar-refractivity contribution in [2.24, 2.45) is 0 Å².